The molecule has 4 rings (SSSR count). The minimum Gasteiger partial charge on any atom is -0.481 e. The Morgan fingerprint density at radius 2 is 1.90 bits per heavy atom. The average Bonchev–Trinajstić information content (AvgIpc) is 3.30. The van der Waals surface area contributed by atoms with Crippen molar-refractivity contribution in [2.75, 3.05) is 6.61 Å². The summed E-state index contributed by atoms with van der Waals surface area (Å²) in [4.78, 5) is 25.7. The van der Waals surface area contributed by atoms with Gasteiger partial charge in [0.15, 0.2) is 12.4 Å². The highest BCUT2D eigenvalue weighted by molar-refractivity contribution is 7.11. The molecule has 0 bridgehead atoms. The number of ether oxygens (including phenoxy) is 3. The third kappa shape index (κ3) is 4.14. The predicted molar refractivity (Wildman–Crippen MR) is 115 cm³/mol. The lowest BCUT2D eigenvalue weighted by Gasteiger charge is -2.11. The number of rotatable bonds is 6. The van der Waals surface area contributed by atoms with Gasteiger partial charge in [0, 0.05) is 16.5 Å². The van der Waals surface area contributed by atoms with Gasteiger partial charge in [-0.25, -0.2) is 4.79 Å². The van der Waals surface area contributed by atoms with Gasteiger partial charge in [-0.15, -0.1) is 11.3 Å². The van der Waals surface area contributed by atoms with Crippen molar-refractivity contribution >= 4 is 29.2 Å². The van der Waals surface area contributed by atoms with Gasteiger partial charge in [0.25, 0.3) is 0 Å². The molecule has 1 aliphatic heterocycles. The summed E-state index contributed by atoms with van der Waals surface area (Å²) in [5.41, 5.74) is 3.16. The summed E-state index contributed by atoms with van der Waals surface area (Å²) in [5, 5.41) is 1.97. The first-order chi connectivity index (χ1) is 14.5. The lowest BCUT2D eigenvalue weighted by atomic mass is 10.1. The number of allylic oxidation sites excluding steroid dienone is 1. The van der Waals surface area contributed by atoms with E-state index in [1.54, 1.807) is 36.5 Å². The number of Topliss-reactive ketones (excluding diaryl/α,β-unsaturated/α-hetero) is 1. The average molecular weight is 420 g/mol. The number of carbonyl (C=O) groups excluding carboxylic acids is 2. The number of fused-ring (bicyclic) bond motifs is 1. The largest absolute Gasteiger partial charge is 0.481 e. The van der Waals surface area contributed by atoms with Crippen LogP contribution >= 0.6 is 11.3 Å². The molecule has 0 radical (unpaired) electrons. The molecule has 3 aromatic rings. The summed E-state index contributed by atoms with van der Waals surface area (Å²) in [6.45, 7) is 3.76. The minimum absolute atomic E-state index is 0.158. The van der Waals surface area contributed by atoms with Crippen molar-refractivity contribution < 1.29 is 23.8 Å². The molecule has 0 amide bonds. The molecule has 5 nitrogen and oxygen atoms in total. The highest BCUT2D eigenvalue weighted by Crippen LogP contribution is 2.39. The first-order valence-corrected chi connectivity index (χ1v) is 10.3. The minimum atomic E-state index is -0.468. The van der Waals surface area contributed by atoms with Crippen molar-refractivity contribution in [1.29, 1.82) is 0 Å². The molecule has 0 spiro atoms. The number of ketones is 1. The molecule has 0 saturated heterocycles. The van der Waals surface area contributed by atoms with Crippen LogP contribution in [0.25, 0.3) is 6.08 Å². The Morgan fingerprint density at radius 3 is 2.63 bits per heavy atom. The van der Waals surface area contributed by atoms with Crippen molar-refractivity contribution in [3.8, 4) is 11.5 Å². The Morgan fingerprint density at radius 1 is 1.10 bits per heavy atom. The molecular weight excluding hydrogens is 400 g/mol. The summed E-state index contributed by atoms with van der Waals surface area (Å²) in [5.74, 6) is 0.611. The molecule has 0 aliphatic carbocycles. The molecule has 1 aromatic heterocycles. The highest BCUT2D eigenvalue weighted by Gasteiger charge is 2.30. The Kier molecular flexibility index (Phi) is 5.68. The Labute approximate surface area is 178 Å². The quantitative estimate of drug-likeness (QED) is 0.410. The summed E-state index contributed by atoms with van der Waals surface area (Å²) in [6, 6.07) is 14.8. The van der Waals surface area contributed by atoms with Crippen molar-refractivity contribution in [3.63, 3.8) is 0 Å². The van der Waals surface area contributed by atoms with E-state index in [0.717, 1.165) is 16.0 Å². The Bertz CT molecular complexity index is 1130. The standard InChI is InChI=1S/C24H20O5S/c1-15-10-11-30-21(15)12-20-23(26)18-8-9-19(16(2)24(18)29-20)27-14-22(25)28-13-17-6-4-3-5-7-17/h3-12H,13-14H2,1-2H3/b20-12-. The van der Waals surface area contributed by atoms with E-state index in [4.69, 9.17) is 14.2 Å². The number of carbonyl (C=O) groups is 2. The molecule has 0 fully saturated rings. The summed E-state index contributed by atoms with van der Waals surface area (Å²) in [6.07, 6.45) is 1.77. The number of hydrogen-bond acceptors (Lipinski definition) is 6. The zero-order valence-electron chi connectivity index (χ0n) is 16.6. The molecule has 2 aromatic carbocycles. The van der Waals surface area contributed by atoms with E-state index in [1.807, 2.05) is 48.7 Å². The van der Waals surface area contributed by atoms with Gasteiger partial charge < -0.3 is 14.2 Å². The van der Waals surface area contributed by atoms with E-state index in [-0.39, 0.29) is 24.8 Å². The molecule has 6 heteroatoms. The molecule has 2 heterocycles. The predicted octanol–water partition coefficient (Wildman–Crippen LogP) is 5.10. The fourth-order valence-corrected chi connectivity index (χ4v) is 3.94. The maximum absolute atomic E-state index is 12.7. The lowest BCUT2D eigenvalue weighted by molar-refractivity contribution is -0.147. The van der Waals surface area contributed by atoms with Crippen molar-refractivity contribution in [3.05, 3.63) is 86.8 Å². The molecule has 0 N–H and O–H groups in total. The van der Waals surface area contributed by atoms with Crippen LogP contribution in [0.5, 0.6) is 11.5 Å². The fraction of sp³-hybridized carbons (Fsp3) is 0.167. The summed E-state index contributed by atoms with van der Waals surface area (Å²) >= 11 is 1.55. The van der Waals surface area contributed by atoms with Gasteiger partial charge in [-0.2, -0.15) is 0 Å². The Balaban J connectivity index is 1.42. The number of hydrogen-bond donors (Lipinski definition) is 0. The number of thiophene rings is 1. The topological polar surface area (TPSA) is 61.8 Å². The van der Waals surface area contributed by atoms with E-state index < -0.39 is 5.97 Å². The van der Waals surface area contributed by atoms with Gasteiger partial charge in [-0.3, -0.25) is 4.79 Å². The van der Waals surface area contributed by atoms with E-state index in [1.165, 1.54) is 0 Å². The van der Waals surface area contributed by atoms with Crippen LogP contribution in [0.3, 0.4) is 0 Å². The van der Waals surface area contributed by atoms with Gasteiger partial charge in [-0.05, 0) is 48.6 Å². The number of benzene rings is 2. The van der Waals surface area contributed by atoms with Crippen LogP contribution in [0.1, 0.15) is 31.9 Å². The van der Waals surface area contributed by atoms with Crippen LogP contribution in [0.15, 0.2) is 59.7 Å². The summed E-state index contributed by atoms with van der Waals surface area (Å²) in [7, 11) is 0. The zero-order chi connectivity index (χ0) is 21.1. The van der Waals surface area contributed by atoms with E-state index >= 15 is 0 Å². The van der Waals surface area contributed by atoms with E-state index in [2.05, 4.69) is 0 Å². The fourth-order valence-electron chi connectivity index (χ4n) is 3.09. The van der Waals surface area contributed by atoms with Gasteiger partial charge in [0.2, 0.25) is 5.78 Å². The second kappa shape index (κ2) is 8.55. The van der Waals surface area contributed by atoms with Gasteiger partial charge >= 0.3 is 5.97 Å². The first-order valence-electron chi connectivity index (χ1n) is 9.47. The van der Waals surface area contributed by atoms with Crippen LogP contribution in [-0.4, -0.2) is 18.4 Å². The first kappa shape index (κ1) is 19.9. The van der Waals surface area contributed by atoms with Crippen LogP contribution in [-0.2, 0) is 16.1 Å². The number of esters is 1. The smallest absolute Gasteiger partial charge is 0.344 e. The molecular formula is C24H20O5S. The van der Waals surface area contributed by atoms with Crippen molar-refractivity contribution in [1.82, 2.24) is 0 Å². The van der Waals surface area contributed by atoms with Gasteiger partial charge in [-0.1, -0.05) is 30.3 Å². The third-order valence-corrected chi connectivity index (χ3v) is 5.75. The lowest BCUT2D eigenvalue weighted by Crippen LogP contribution is -2.15. The van der Waals surface area contributed by atoms with Crippen LogP contribution in [0.4, 0.5) is 0 Å². The highest BCUT2D eigenvalue weighted by atomic mass is 32.1. The Hall–Kier alpha value is -3.38. The van der Waals surface area contributed by atoms with E-state index in [0.29, 0.717) is 22.6 Å². The van der Waals surface area contributed by atoms with E-state index in [9.17, 15) is 9.59 Å². The van der Waals surface area contributed by atoms with Crippen LogP contribution in [0.2, 0.25) is 0 Å². The monoisotopic (exact) mass is 420 g/mol. The maximum Gasteiger partial charge on any atom is 0.344 e. The molecule has 0 saturated carbocycles. The maximum atomic E-state index is 12.7. The van der Waals surface area contributed by atoms with Crippen molar-refractivity contribution in [2.45, 2.75) is 20.5 Å². The normalized spacial score (nSPS) is 13.8. The molecule has 1 aliphatic rings. The molecule has 30 heavy (non-hydrogen) atoms. The molecule has 0 unspecified atom stereocenters. The third-order valence-electron chi connectivity index (χ3n) is 4.79. The molecule has 0 atom stereocenters. The second-order valence-corrected chi connectivity index (χ2v) is 7.86. The SMILES string of the molecule is Cc1ccsc1/C=C1\Oc2c(ccc(OCC(=O)OCc3ccccc3)c2C)C1=O. The van der Waals surface area contributed by atoms with Crippen molar-refractivity contribution in [2.24, 2.45) is 0 Å². The van der Waals surface area contributed by atoms with Gasteiger partial charge in [0.1, 0.15) is 18.1 Å². The molecule has 152 valence electrons. The van der Waals surface area contributed by atoms with Crippen LogP contribution in [0, 0.1) is 13.8 Å². The number of aryl methyl sites for hydroxylation is 1. The van der Waals surface area contributed by atoms with Crippen LogP contribution < -0.4 is 9.47 Å². The summed E-state index contributed by atoms with van der Waals surface area (Å²) < 4.78 is 16.7. The van der Waals surface area contributed by atoms with Gasteiger partial charge in [0.05, 0.1) is 5.56 Å². The second-order valence-electron chi connectivity index (χ2n) is 6.91. The zero-order valence-corrected chi connectivity index (χ0v) is 17.5.